The molecule has 2 rings (SSSR count). The number of methoxy groups -OCH3 is 1. The first-order valence-electron chi connectivity index (χ1n) is 5.71. The molecular weight excluding hydrogens is 282 g/mol. The molecule has 3 nitrogen and oxygen atoms in total. The van der Waals surface area contributed by atoms with E-state index in [1.165, 1.54) is 6.42 Å². The second-order valence-corrected chi connectivity index (χ2v) is 5.54. The Bertz CT molecular complexity index is 441. The van der Waals surface area contributed by atoms with Gasteiger partial charge in [-0.2, -0.15) is 0 Å². The van der Waals surface area contributed by atoms with Gasteiger partial charge in [0.15, 0.2) is 0 Å². The summed E-state index contributed by atoms with van der Waals surface area (Å²) in [7, 11) is 1.57. The van der Waals surface area contributed by atoms with Crippen molar-refractivity contribution >= 4 is 21.8 Å². The van der Waals surface area contributed by atoms with E-state index in [4.69, 9.17) is 4.74 Å². The highest BCUT2D eigenvalue weighted by molar-refractivity contribution is 9.10. The second kappa shape index (κ2) is 4.69. The number of rotatable bonds is 3. The van der Waals surface area contributed by atoms with Crippen LogP contribution < -0.4 is 10.1 Å². The normalized spacial score (nSPS) is 17.1. The summed E-state index contributed by atoms with van der Waals surface area (Å²) < 4.78 is 5.98. The molecule has 0 atom stereocenters. The molecule has 1 fully saturated rings. The van der Waals surface area contributed by atoms with E-state index in [0.29, 0.717) is 11.3 Å². The van der Waals surface area contributed by atoms with Crippen molar-refractivity contribution < 1.29 is 9.53 Å². The zero-order chi connectivity index (χ0) is 12.5. The van der Waals surface area contributed by atoms with Gasteiger partial charge in [0.25, 0.3) is 5.91 Å². The van der Waals surface area contributed by atoms with Gasteiger partial charge >= 0.3 is 0 Å². The molecule has 1 amide bonds. The Morgan fingerprint density at radius 3 is 2.71 bits per heavy atom. The van der Waals surface area contributed by atoms with Crippen molar-refractivity contribution in [3.8, 4) is 5.75 Å². The Morgan fingerprint density at radius 1 is 1.47 bits per heavy atom. The number of hydrogen-bond acceptors (Lipinski definition) is 2. The molecule has 1 aliphatic carbocycles. The molecule has 0 radical (unpaired) electrons. The Hall–Kier alpha value is -1.03. The molecule has 0 unspecified atom stereocenters. The lowest BCUT2D eigenvalue weighted by Gasteiger charge is -2.39. The van der Waals surface area contributed by atoms with Crippen LogP contribution in [-0.4, -0.2) is 18.6 Å². The Morgan fingerprint density at radius 2 is 2.18 bits per heavy atom. The van der Waals surface area contributed by atoms with E-state index in [9.17, 15) is 4.79 Å². The van der Waals surface area contributed by atoms with Crippen molar-refractivity contribution in [2.24, 2.45) is 0 Å². The molecule has 1 saturated carbocycles. The van der Waals surface area contributed by atoms with Gasteiger partial charge in [0.05, 0.1) is 12.7 Å². The number of carbonyl (C=O) groups excluding carboxylic acids is 1. The second-order valence-electron chi connectivity index (χ2n) is 4.69. The van der Waals surface area contributed by atoms with Crippen LogP contribution in [0.4, 0.5) is 0 Å². The molecule has 4 heteroatoms. The predicted molar refractivity (Wildman–Crippen MR) is 70.4 cm³/mol. The van der Waals surface area contributed by atoms with E-state index in [1.807, 2.05) is 12.1 Å². The van der Waals surface area contributed by atoms with Gasteiger partial charge in [-0.1, -0.05) is 6.07 Å². The molecule has 0 spiro atoms. The standard InChI is InChI=1S/C13H16BrNO2/c1-13(7-4-8-13)15-12(16)11-9(14)5-3-6-10(11)17-2/h3,5-6H,4,7-8H2,1-2H3,(H,15,16). The fourth-order valence-corrected chi connectivity index (χ4v) is 2.59. The number of nitrogens with one attached hydrogen (secondary N) is 1. The highest BCUT2D eigenvalue weighted by Gasteiger charge is 2.34. The number of benzene rings is 1. The maximum Gasteiger partial charge on any atom is 0.256 e. The predicted octanol–water partition coefficient (Wildman–Crippen LogP) is 3.13. The molecule has 0 aromatic heterocycles. The minimum absolute atomic E-state index is 0.0443. The van der Waals surface area contributed by atoms with Crippen molar-refractivity contribution in [3.05, 3.63) is 28.2 Å². The number of hydrogen-bond donors (Lipinski definition) is 1. The summed E-state index contributed by atoms with van der Waals surface area (Å²) in [5.41, 5.74) is 0.528. The molecule has 1 aromatic carbocycles. The summed E-state index contributed by atoms with van der Waals surface area (Å²) in [5.74, 6) is 0.524. The van der Waals surface area contributed by atoms with Crippen molar-refractivity contribution in [2.45, 2.75) is 31.7 Å². The first-order valence-corrected chi connectivity index (χ1v) is 6.50. The summed E-state index contributed by atoms with van der Waals surface area (Å²) in [6, 6.07) is 5.49. The van der Waals surface area contributed by atoms with E-state index in [1.54, 1.807) is 13.2 Å². The summed E-state index contributed by atoms with van der Waals surface area (Å²) >= 11 is 3.40. The van der Waals surface area contributed by atoms with Gasteiger partial charge in [-0.25, -0.2) is 0 Å². The van der Waals surface area contributed by atoms with Gasteiger partial charge in [-0.3, -0.25) is 4.79 Å². The lowest BCUT2D eigenvalue weighted by Crippen LogP contribution is -2.51. The van der Waals surface area contributed by atoms with E-state index in [0.717, 1.165) is 17.3 Å². The van der Waals surface area contributed by atoms with E-state index in [-0.39, 0.29) is 11.4 Å². The van der Waals surface area contributed by atoms with Crippen LogP contribution in [-0.2, 0) is 0 Å². The average Bonchev–Trinajstić information content (AvgIpc) is 2.26. The summed E-state index contributed by atoms with van der Waals surface area (Å²) in [4.78, 5) is 12.2. The van der Waals surface area contributed by atoms with Crippen LogP contribution in [0.1, 0.15) is 36.5 Å². The Balaban J connectivity index is 2.24. The minimum Gasteiger partial charge on any atom is -0.496 e. The molecule has 0 aliphatic heterocycles. The maximum absolute atomic E-state index is 12.2. The topological polar surface area (TPSA) is 38.3 Å². The fraction of sp³-hybridized carbons (Fsp3) is 0.462. The lowest BCUT2D eigenvalue weighted by molar-refractivity contribution is 0.0846. The van der Waals surface area contributed by atoms with Crippen molar-refractivity contribution in [3.63, 3.8) is 0 Å². The van der Waals surface area contributed by atoms with Gasteiger partial charge in [-0.05, 0) is 54.2 Å². The number of ether oxygens (including phenoxy) is 1. The van der Waals surface area contributed by atoms with Crippen LogP contribution >= 0.6 is 15.9 Å². The third-order valence-electron chi connectivity index (χ3n) is 3.29. The molecule has 1 N–H and O–H groups in total. The van der Waals surface area contributed by atoms with Crippen molar-refractivity contribution in [1.29, 1.82) is 0 Å². The fourth-order valence-electron chi connectivity index (χ4n) is 2.06. The van der Waals surface area contributed by atoms with Crippen LogP contribution in [0, 0.1) is 0 Å². The van der Waals surface area contributed by atoms with Crippen molar-refractivity contribution in [2.75, 3.05) is 7.11 Å². The van der Waals surface area contributed by atoms with Crippen LogP contribution in [0.3, 0.4) is 0 Å². The van der Waals surface area contributed by atoms with Crippen LogP contribution in [0.5, 0.6) is 5.75 Å². The lowest BCUT2D eigenvalue weighted by atomic mass is 9.78. The molecule has 1 aromatic rings. The molecule has 17 heavy (non-hydrogen) atoms. The molecule has 0 saturated heterocycles. The maximum atomic E-state index is 12.2. The van der Waals surface area contributed by atoms with Gasteiger partial charge in [0.2, 0.25) is 0 Å². The molecule has 1 aliphatic rings. The van der Waals surface area contributed by atoms with E-state index >= 15 is 0 Å². The van der Waals surface area contributed by atoms with Gasteiger partial charge in [-0.15, -0.1) is 0 Å². The zero-order valence-corrected chi connectivity index (χ0v) is 11.6. The van der Waals surface area contributed by atoms with Crippen LogP contribution in [0.25, 0.3) is 0 Å². The average molecular weight is 298 g/mol. The third-order valence-corrected chi connectivity index (χ3v) is 3.96. The highest BCUT2D eigenvalue weighted by atomic mass is 79.9. The van der Waals surface area contributed by atoms with Crippen molar-refractivity contribution in [1.82, 2.24) is 5.32 Å². The monoisotopic (exact) mass is 297 g/mol. The molecule has 0 bridgehead atoms. The SMILES string of the molecule is COc1cccc(Br)c1C(=O)NC1(C)CCC1. The number of carbonyl (C=O) groups is 1. The largest absolute Gasteiger partial charge is 0.496 e. The molecular formula is C13H16BrNO2. The van der Waals surface area contributed by atoms with E-state index < -0.39 is 0 Å². The number of halogens is 1. The summed E-state index contributed by atoms with van der Waals surface area (Å²) in [6.45, 7) is 2.08. The van der Waals surface area contributed by atoms with Gasteiger partial charge in [0, 0.05) is 10.0 Å². The first-order chi connectivity index (χ1) is 8.06. The summed E-state index contributed by atoms with van der Waals surface area (Å²) in [6.07, 6.45) is 3.28. The quantitative estimate of drug-likeness (QED) is 0.931. The van der Waals surface area contributed by atoms with Gasteiger partial charge in [0.1, 0.15) is 5.75 Å². The molecule has 0 heterocycles. The van der Waals surface area contributed by atoms with E-state index in [2.05, 4.69) is 28.2 Å². The number of amides is 1. The highest BCUT2D eigenvalue weighted by Crippen LogP contribution is 2.33. The third kappa shape index (κ3) is 2.46. The summed E-state index contributed by atoms with van der Waals surface area (Å²) in [5, 5.41) is 3.08. The Kier molecular flexibility index (Phi) is 3.43. The minimum atomic E-state index is -0.0727. The first kappa shape index (κ1) is 12.4. The van der Waals surface area contributed by atoms with Crippen LogP contribution in [0.15, 0.2) is 22.7 Å². The smallest absolute Gasteiger partial charge is 0.256 e. The molecule has 92 valence electrons. The van der Waals surface area contributed by atoms with Crippen LogP contribution in [0.2, 0.25) is 0 Å². The van der Waals surface area contributed by atoms with Gasteiger partial charge < -0.3 is 10.1 Å². The Labute approximate surface area is 110 Å². The zero-order valence-electron chi connectivity index (χ0n) is 10.0.